The molecule has 0 bridgehead atoms. The van der Waals surface area contributed by atoms with Gasteiger partial charge >= 0.3 is 17.9 Å². The van der Waals surface area contributed by atoms with Gasteiger partial charge in [0.1, 0.15) is 11.5 Å². The lowest BCUT2D eigenvalue weighted by Crippen LogP contribution is -2.08. The van der Waals surface area contributed by atoms with Gasteiger partial charge in [0.25, 0.3) is 0 Å². The average molecular weight is 611 g/mol. The van der Waals surface area contributed by atoms with Crippen LogP contribution in [0.15, 0.2) is 95.9 Å². The predicted octanol–water partition coefficient (Wildman–Crippen LogP) is 6.87. The second-order valence-electron chi connectivity index (χ2n) is 9.75. The normalized spacial score (nSPS) is 10.8. The maximum absolute atomic E-state index is 12.6. The van der Waals surface area contributed by atoms with E-state index in [1.54, 1.807) is 54.6 Å². The van der Waals surface area contributed by atoms with Crippen molar-refractivity contribution in [3.05, 3.63) is 103 Å². The summed E-state index contributed by atoms with van der Waals surface area (Å²) in [6, 6.07) is 20.7. The number of aromatic nitrogens is 2. The Kier molecular flexibility index (Phi) is 12.2. The number of rotatable bonds is 16. The molecule has 3 aromatic carbocycles. The Balaban J connectivity index is 1.25. The van der Waals surface area contributed by atoms with E-state index in [9.17, 15) is 14.4 Å². The summed E-state index contributed by atoms with van der Waals surface area (Å²) in [5.41, 5.74) is 2.59. The Hall–Kier alpha value is -5.51. The molecule has 232 valence electrons. The Labute approximate surface area is 261 Å². The molecule has 0 aliphatic rings. The van der Waals surface area contributed by atoms with Gasteiger partial charge in [0, 0.05) is 23.3 Å². The minimum atomic E-state index is -0.509. The van der Waals surface area contributed by atoms with Crippen LogP contribution < -0.4 is 9.47 Å². The van der Waals surface area contributed by atoms with Gasteiger partial charge in [-0.05, 0) is 91.6 Å². The second kappa shape index (κ2) is 17.0. The molecule has 4 rings (SSSR count). The summed E-state index contributed by atoms with van der Waals surface area (Å²) in [6.45, 7) is 6.56. The maximum Gasteiger partial charge on any atom is 0.343 e. The van der Waals surface area contributed by atoms with Crippen LogP contribution in [-0.4, -0.2) is 47.9 Å². The Morgan fingerprint density at radius 1 is 0.733 bits per heavy atom. The van der Waals surface area contributed by atoms with E-state index in [4.69, 9.17) is 23.4 Å². The van der Waals surface area contributed by atoms with E-state index < -0.39 is 11.9 Å². The van der Waals surface area contributed by atoms with Crippen molar-refractivity contribution in [1.29, 1.82) is 0 Å². The standard InChI is InChI=1S/C35H34N2O8/c1-3-5-22-43-32(39)21-10-25-8-11-26(12-9-25)33-36-37-34(45-33)27-13-19-30(20-14-27)44-35(40)28-15-17-29(18-16-28)41-23-6-7-24-42-31(38)4-2/h4,8-21H,2-3,5-7,22-24H2,1H3/b21-10+. The average Bonchev–Trinajstić information content (AvgIpc) is 3.56. The zero-order valence-electron chi connectivity index (χ0n) is 25.0. The molecule has 0 saturated carbocycles. The van der Waals surface area contributed by atoms with Crippen molar-refractivity contribution < 1.29 is 37.7 Å². The summed E-state index contributed by atoms with van der Waals surface area (Å²) in [5.74, 6) is 0.314. The molecular weight excluding hydrogens is 576 g/mol. The fourth-order valence-corrected chi connectivity index (χ4v) is 3.87. The summed E-state index contributed by atoms with van der Waals surface area (Å²) in [7, 11) is 0. The highest BCUT2D eigenvalue weighted by Crippen LogP contribution is 2.26. The molecule has 10 nitrogen and oxygen atoms in total. The van der Waals surface area contributed by atoms with Gasteiger partial charge in [-0.15, -0.1) is 10.2 Å². The number of esters is 3. The van der Waals surface area contributed by atoms with Gasteiger partial charge in [-0.1, -0.05) is 32.1 Å². The van der Waals surface area contributed by atoms with Crippen molar-refractivity contribution in [2.24, 2.45) is 0 Å². The number of hydrogen-bond donors (Lipinski definition) is 0. The molecule has 45 heavy (non-hydrogen) atoms. The van der Waals surface area contributed by atoms with E-state index in [-0.39, 0.29) is 5.97 Å². The van der Waals surface area contributed by atoms with Gasteiger partial charge in [-0.2, -0.15) is 0 Å². The van der Waals surface area contributed by atoms with Gasteiger partial charge in [0.05, 0.1) is 25.4 Å². The van der Waals surface area contributed by atoms with Crippen LogP contribution in [0.1, 0.15) is 48.5 Å². The maximum atomic E-state index is 12.6. The molecule has 0 saturated heterocycles. The molecule has 0 fully saturated rings. The highest BCUT2D eigenvalue weighted by Gasteiger charge is 2.13. The summed E-state index contributed by atoms with van der Waals surface area (Å²) in [6.07, 6.45) is 7.41. The van der Waals surface area contributed by atoms with Crippen molar-refractivity contribution in [3.63, 3.8) is 0 Å². The zero-order chi connectivity index (χ0) is 31.9. The number of unbranched alkanes of at least 4 members (excludes halogenated alkanes) is 2. The summed E-state index contributed by atoms with van der Waals surface area (Å²) < 4.78 is 27.1. The third-order valence-electron chi connectivity index (χ3n) is 6.36. The molecule has 0 unspecified atom stereocenters. The van der Waals surface area contributed by atoms with Crippen molar-refractivity contribution >= 4 is 24.0 Å². The van der Waals surface area contributed by atoms with E-state index in [2.05, 4.69) is 16.8 Å². The summed E-state index contributed by atoms with van der Waals surface area (Å²) in [5, 5.41) is 8.28. The number of carbonyl (C=O) groups is 3. The molecule has 0 amide bonds. The van der Waals surface area contributed by atoms with Crippen LogP contribution in [0.4, 0.5) is 0 Å². The monoisotopic (exact) mass is 610 g/mol. The molecule has 1 aromatic heterocycles. The predicted molar refractivity (Wildman–Crippen MR) is 167 cm³/mol. The Morgan fingerprint density at radius 2 is 1.31 bits per heavy atom. The van der Waals surface area contributed by atoms with Gasteiger partial charge < -0.3 is 23.4 Å². The largest absolute Gasteiger partial charge is 0.494 e. The van der Waals surface area contributed by atoms with Crippen molar-refractivity contribution in [2.45, 2.75) is 32.6 Å². The fraction of sp³-hybridized carbons (Fsp3) is 0.229. The number of ether oxygens (including phenoxy) is 4. The minimum absolute atomic E-state index is 0.310. The number of benzene rings is 3. The molecule has 0 N–H and O–H groups in total. The van der Waals surface area contributed by atoms with Gasteiger partial charge in [0.2, 0.25) is 11.8 Å². The van der Waals surface area contributed by atoms with E-state index in [0.717, 1.165) is 30.0 Å². The molecule has 0 aliphatic carbocycles. The molecule has 10 heteroatoms. The van der Waals surface area contributed by atoms with Crippen LogP contribution in [-0.2, 0) is 19.1 Å². The quantitative estimate of drug-likeness (QED) is 0.0574. The fourth-order valence-electron chi connectivity index (χ4n) is 3.87. The summed E-state index contributed by atoms with van der Waals surface area (Å²) in [4.78, 5) is 35.4. The molecule has 0 radical (unpaired) electrons. The molecule has 0 spiro atoms. The Morgan fingerprint density at radius 3 is 1.96 bits per heavy atom. The van der Waals surface area contributed by atoms with Crippen LogP contribution in [0.2, 0.25) is 0 Å². The van der Waals surface area contributed by atoms with Crippen molar-refractivity contribution in [2.75, 3.05) is 19.8 Å². The molecular formula is C35H34N2O8. The molecule has 4 aromatic rings. The minimum Gasteiger partial charge on any atom is -0.494 e. The van der Waals surface area contributed by atoms with E-state index in [1.807, 2.05) is 31.2 Å². The van der Waals surface area contributed by atoms with Crippen LogP contribution in [0, 0.1) is 0 Å². The Bertz CT molecular complexity index is 1590. The van der Waals surface area contributed by atoms with Crippen LogP contribution >= 0.6 is 0 Å². The highest BCUT2D eigenvalue weighted by atomic mass is 16.5. The first-order chi connectivity index (χ1) is 21.9. The lowest BCUT2D eigenvalue weighted by atomic mass is 10.1. The third kappa shape index (κ3) is 10.3. The lowest BCUT2D eigenvalue weighted by Gasteiger charge is -2.08. The number of carbonyl (C=O) groups excluding carboxylic acids is 3. The SMILES string of the molecule is C=CC(=O)OCCCCOc1ccc(C(=O)Oc2ccc(-c3nnc(-c4ccc(/C=C/C(=O)OCCCC)cc4)o3)cc2)cc1. The van der Waals surface area contributed by atoms with Crippen LogP contribution in [0.3, 0.4) is 0 Å². The molecule has 0 aliphatic heterocycles. The van der Waals surface area contributed by atoms with Crippen LogP contribution in [0.25, 0.3) is 29.0 Å². The van der Waals surface area contributed by atoms with Gasteiger partial charge in [-0.3, -0.25) is 0 Å². The summed E-state index contributed by atoms with van der Waals surface area (Å²) >= 11 is 0. The van der Waals surface area contributed by atoms with Crippen molar-refractivity contribution in [1.82, 2.24) is 10.2 Å². The highest BCUT2D eigenvalue weighted by molar-refractivity contribution is 5.91. The molecule has 0 atom stereocenters. The van der Waals surface area contributed by atoms with Gasteiger partial charge in [-0.25, -0.2) is 14.4 Å². The zero-order valence-corrected chi connectivity index (χ0v) is 25.0. The van der Waals surface area contributed by atoms with Crippen molar-refractivity contribution in [3.8, 4) is 34.4 Å². The first kappa shape index (κ1) is 32.4. The van der Waals surface area contributed by atoms with Gasteiger partial charge in [0.15, 0.2) is 0 Å². The third-order valence-corrected chi connectivity index (χ3v) is 6.36. The topological polar surface area (TPSA) is 127 Å². The number of hydrogen-bond acceptors (Lipinski definition) is 10. The first-order valence-corrected chi connectivity index (χ1v) is 14.6. The smallest absolute Gasteiger partial charge is 0.343 e. The number of nitrogens with zero attached hydrogens (tertiary/aromatic N) is 2. The molecule has 1 heterocycles. The van der Waals surface area contributed by atoms with E-state index in [1.165, 1.54) is 6.08 Å². The first-order valence-electron chi connectivity index (χ1n) is 14.6. The second-order valence-corrected chi connectivity index (χ2v) is 9.75. The van der Waals surface area contributed by atoms with E-state index in [0.29, 0.717) is 67.1 Å². The lowest BCUT2D eigenvalue weighted by molar-refractivity contribution is -0.138. The van der Waals surface area contributed by atoms with E-state index >= 15 is 0 Å². The van der Waals surface area contributed by atoms with Crippen LogP contribution in [0.5, 0.6) is 11.5 Å².